The van der Waals surface area contributed by atoms with E-state index >= 15 is 0 Å². The smallest absolute Gasteiger partial charge is 0.191 e. The molecule has 1 aromatic heterocycles. The number of methoxy groups -OCH3 is 2. The SMILES string of the molecule is COCCN=C(NCCc1ccc(OC)cc1)NCCc1ccco1. The van der Waals surface area contributed by atoms with E-state index in [-0.39, 0.29) is 0 Å². The van der Waals surface area contributed by atoms with E-state index in [1.165, 1.54) is 5.56 Å². The molecule has 0 aliphatic heterocycles. The minimum Gasteiger partial charge on any atom is -0.497 e. The van der Waals surface area contributed by atoms with Gasteiger partial charge in [-0.15, -0.1) is 0 Å². The Bertz CT molecular complexity index is 609. The molecule has 136 valence electrons. The average Bonchev–Trinajstić information content (AvgIpc) is 3.15. The van der Waals surface area contributed by atoms with E-state index in [9.17, 15) is 0 Å². The van der Waals surface area contributed by atoms with E-state index < -0.39 is 0 Å². The first-order valence-corrected chi connectivity index (χ1v) is 8.48. The van der Waals surface area contributed by atoms with Crippen LogP contribution in [0, 0.1) is 0 Å². The molecule has 6 heteroatoms. The minimum absolute atomic E-state index is 0.601. The van der Waals surface area contributed by atoms with Crippen molar-refractivity contribution in [3.8, 4) is 5.75 Å². The van der Waals surface area contributed by atoms with Crippen molar-refractivity contribution in [2.45, 2.75) is 12.8 Å². The van der Waals surface area contributed by atoms with Crippen molar-refractivity contribution >= 4 is 5.96 Å². The van der Waals surface area contributed by atoms with Gasteiger partial charge in [-0.2, -0.15) is 0 Å². The molecule has 6 nitrogen and oxygen atoms in total. The standard InChI is InChI=1S/C19H27N3O3/c1-23-15-13-22-19(21-12-10-18-4-3-14-25-18)20-11-9-16-5-7-17(24-2)8-6-16/h3-8,14H,9-13,15H2,1-2H3,(H2,20,21,22). The van der Waals surface area contributed by atoms with Gasteiger partial charge in [-0.3, -0.25) is 4.99 Å². The largest absolute Gasteiger partial charge is 0.497 e. The third kappa shape index (κ3) is 7.30. The molecule has 0 spiro atoms. The maximum Gasteiger partial charge on any atom is 0.191 e. The van der Waals surface area contributed by atoms with Gasteiger partial charge < -0.3 is 24.5 Å². The van der Waals surface area contributed by atoms with Crippen LogP contribution in [0.3, 0.4) is 0 Å². The predicted molar refractivity (Wildman–Crippen MR) is 99.3 cm³/mol. The first-order valence-electron chi connectivity index (χ1n) is 8.48. The average molecular weight is 345 g/mol. The van der Waals surface area contributed by atoms with Gasteiger partial charge in [-0.05, 0) is 36.2 Å². The molecule has 0 saturated heterocycles. The summed E-state index contributed by atoms with van der Waals surface area (Å²) in [6.45, 7) is 2.78. The summed E-state index contributed by atoms with van der Waals surface area (Å²) in [5, 5.41) is 6.68. The van der Waals surface area contributed by atoms with Crippen molar-refractivity contribution in [3.63, 3.8) is 0 Å². The fourth-order valence-electron chi connectivity index (χ4n) is 2.30. The summed E-state index contributed by atoms with van der Waals surface area (Å²) < 4.78 is 15.6. The zero-order valence-corrected chi connectivity index (χ0v) is 15.0. The van der Waals surface area contributed by atoms with E-state index in [1.54, 1.807) is 20.5 Å². The number of aliphatic imine (C=N–C) groups is 1. The van der Waals surface area contributed by atoms with E-state index in [1.807, 2.05) is 24.3 Å². The van der Waals surface area contributed by atoms with Crippen molar-refractivity contribution in [1.82, 2.24) is 10.6 Å². The number of benzene rings is 1. The Hall–Kier alpha value is -2.47. The highest BCUT2D eigenvalue weighted by molar-refractivity contribution is 5.79. The molecule has 0 radical (unpaired) electrons. The van der Waals surface area contributed by atoms with E-state index in [4.69, 9.17) is 13.9 Å². The Morgan fingerprint density at radius 1 is 1.04 bits per heavy atom. The third-order valence-electron chi connectivity index (χ3n) is 3.67. The van der Waals surface area contributed by atoms with Crippen LogP contribution in [0.2, 0.25) is 0 Å². The molecule has 1 aromatic carbocycles. The summed E-state index contributed by atoms with van der Waals surface area (Å²) in [7, 11) is 3.35. The highest BCUT2D eigenvalue weighted by atomic mass is 16.5. The summed E-state index contributed by atoms with van der Waals surface area (Å²) in [6.07, 6.45) is 3.42. The van der Waals surface area contributed by atoms with Crippen molar-refractivity contribution in [2.75, 3.05) is 40.5 Å². The topological polar surface area (TPSA) is 68.0 Å². The fourth-order valence-corrected chi connectivity index (χ4v) is 2.30. The molecule has 0 aliphatic rings. The maximum absolute atomic E-state index is 5.34. The first-order chi connectivity index (χ1) is 12.3. The fraction of sp³-hybridized carbons (Fsp3) is 0.421. The molecule has 0 amide bonds. The molecule has 2 N–H and O–H groups in total. The molecule has 0 unspecified atom stereocenters. The predicted octanol–water partition coefficient (Wildman–Crippen LogP) is 2.25. The minimum atomic E-state index is 0.601. The number of guanidine groups is 1. The van der Waals surface area contributed by atoms with Crippen molar-refractivity contribution in [2.24, 2.45) is 4.99 Å². The van der Waals surface area contributed by atoms with Gasteiger partial charge in [0.25, 0.3) is 0 Å². The summed E-state index contributed by atoms with van der Waals surface area (Å²) in [5.74, 6) is 2.62. The molecule has 0 saturated carbocycles. The zero-order valence-electron chi connectivity index (χ0n) is 15.0. The monoisotopic (exact) mass is 345 g/mol. The highest BCUT2D eigenvalue weighted by Gasteiger charge is 2.01. The second-order valence-electron chi connectivity index (χ2n) is 5.50. The lowest BCUT2D eigenvalue weighted by Crippen LogP contribution is -2.39. The first kappa shape index (κ1) is 18.9. The Balaban J connectivity index is 1.76. The van der Waals surface area contributed by atoms with Crippen LogP contribution in [-0.4, -0.2) is 46.4 Å². The highest BCUT2D eigenvalue weighted by Crippen LogP contribution is 2.11. The van der Waals surface area contributed by atoms with Crippen LogP contribution < -0.4 is 15.4 Å². The van der Waals surface area contributed by atoms with E-state index in [0.29, 0.717) is 13.2 Å². The van der Waals surface area contributed by atoms with Gasteiger partial charge >= 0.3 is 0 Å². The van der Waals surface area contributed by atoms with Gasteiger partial charge in [0.05, 0.1) is 26.5 Å². The molecule has 25 heavy (non-hydrogen) atoms. The molecule has 0 fully saturated rings. The number of nitrogens with one attached hydrogen (secondary N) is 2. The summed E-state index contributed by atoms with van der Waals surface area (Å²) in [4.78, 5) is 4.51. The Labute approximate surface area is 149 Å². The van der Waals surface area contributed by atoms with Gasteiger partial charge in [0.15, 0.2) is 5.96 Å². The number of nitrogens with zero attached hydrogens (tertiary/aromatic N) is 1. The van der Waals surface area contributed by atoms with Crippen molar-refractivity contribution in [3.05, 3.63) is 54.0 Å². The van der Waals surface area contributed by atoms with Crippen LogP contribution in [0.25, 0.3) is 0 Å². The number of rotatable bonds is 10. The molecule has 1 heterocycles. The lowest BCUT2D eigenvalue weighted by molar-refractivity contribution is 0.208. The molecule has 0 aliphatic carbocycles. The quantitative estimate of drug-likeness (QED) is 0.393. The van der Waals surface area contributed by atoms with Crippen LogP contribution in [0.1, 0.15) is 11.3 Å². The Morgan fingerprint density at radius 2 is 1.80 bits per heavy atom. The van der Waals surface area contributed by atoms with Gasteiger partial charge in [0, 0.05) is 26.6 Å². The van der Waals surface area contributed by atoms with Gasteiger partial charge in [0.1, 0.15) is 11.5 Å². The van der Waals surface area contributed by atoms with Crippen molar-refractivity contribution in [1.29, 1.82) is 0 Å². The lowest BCUT2D eigenvalue weighted by Gasteiger charge is -2.12. The summed E-state index contributed by atoms with van der Waals surface area (Å²) in [6, 6.07) is 12.0. The molecular formula is C19H27N3O3. The van der Waals surface area contributed by atoms with Crippen LogP contribution in [-0.2, 0) is 17.6 Å². The molecule has 0 atom stereocenters. The maximum atomic E-state index is 5.34. The van der Waals surface area contributed by atoms with E-state index in [2.05, 4.69) is 27.8 Å². The summed E-state index contributed by atoms with van der Waals surface area (Å²) in [5.41, 5.74) is 1.25. The van der Waals surface area contributed by atoms with E-state index in [0.717, 1.165) is 43.4 Å². The number of hydrogen-bond donors (Lipinski definition) is 2. The van der Waals surface area contributed by atoms with Crippen LogP contribution in [0.4, 0.5) is 0 Å². The Morgan fingerprint density at radius 3 is 2.44 bits per heavy atom. The van der Waals surface area contributed by atoms with Crippen LogP contribution >= 0.6 is 0 Å². The van der Waals surface area contributed by atoms with Crippen molar-refractivity contribution < 1.29 is 13.9 Å². The number of hydrogen-bond acceptors (Lipinski definition) is 4. The molecule has 0 bridgehead atoms. The lowest BCUT2D eigenvalue weighted by atomic mass is 10.1. The molecule has 2 aromatic rings. The van der Waals surface area contributed by atoms with Crippen LogP contribution in [0.5, 0.6) is 5.75 Å². The van der Waals surface area contributed by atoms with Gasteiger partial charge in [-0.25, -0.2) is 0 Å². The van der Waals surface area contributed by atoms with Crippen LogP contribution in [0.15, 0.2) is 52.1 Å². The summed E-state index contributed by atoms with van der Waals surface area (Å²) >= 11 is 0. The number of ether oxygens (including phenoxy) is 2. The van der Waals surface area contributed by atoms with Gasteiger partial charge in [-0.1, -0.05) is 12.1 Å². The van der Waals surface area contributed by atoms with Gasteiger partial charge in [0.2, 0.25) is 0 Å². The molecule has 2 rings (SSSR count). The normalized spacial score (nSPS) is 11.4. The third-order valence-corrected chi connectivity index (χ3v) is 3.67. The Kier molecular flexibility index (Phi) is 8.41. The second-order valence-corrected chi connectivity index (χ2v) is 5.50. The zero-order chi connectivity index (χ0) is 17.7. The second kappa shape index (κ2) is 11.1. The number of furan rings is 1. The molecular weight excluding hydrogens is 318 g/mol.